The summed E-state index contributed by atoms with van der Waals surface area (Å²) < 4.78 is 0. The van der Waals surface area contributed by atoms with Crippen LogP contribution in [0.2, 0.25) is 10.0 Å². The van der Waals surface area contributed by atoms with Gasteiger partial charge in [0.1, 0.15) is 0 Å². The highest BCUT2D eigenvalue weighted by Crippen LogP contribution is 2.22. The van der Waals surface area contributed by atoms with Crippen molar-refractivity contribution in [1.82, 2.24) is 9.88 Å². The van der Waals surface area contributed by atoms with Crippen molar-refractivity contribution < 1.29 is 0 Å². The normalized spacial score (nSPS) is 11.0. The van der Waals surface area contributed by atoms with Crippen molar-refractivity contribution in [2.75, 3.05) is 20.1 Å². The minimum absolute atomic E-state index is 0.610. The van der Waals surface area contributed by atoms with Gasteiger partial charge in [-0.2, -0.15) is 0 Å². The van der Waals surface area contributed by atoms with E-state index in [9.17, 15) is 0 Å². The van der Waals surface area contributed by atoms with Crippen molar-refractivity contribution in [3.05, 3.63) is 63.9 Å². The van der Waals surface area contributed by atoms with Crippen molar-refractivity contribution >= 4 is 23.2 Å². The Hall–Kier alpha value is -1.09. The molecule has 0 aliphatic carbocycles. The zero-order valence-corrected chi connectivity index (χ0v) is 13.0. The van der Waals surface area contributed by atoms with Gasteiger partial charge in [0.15, 0.2) is 0 Å². The molecule has 0 aliphatic rings. The number of aromatic nitrogens is 1. The van der Waals surface area contributed by atoms with Gasteiger partial charge < -0.3 is 4.90 Å². The predicted octanol–water partition coefficient (Wildman–Crippen LogP) is 4.11. The van der Waals surface area contributed by atoms with Crippen LogP contribution in [-0.4, -0.2) is 30.0 Å². The van der Waals surface area contributed by atoms with Crippen LogP contribution >= 0.6 is 23.2 Å². The van der Waals surface area contributed by atoms with Gasteiger partial charge in [-0.3, -0.25) is 4.98 Å². The fourth-order valence-corrected chi connectivity index (χ4v) is 2.30. The molecule has 1 aromatic heterocycles. The summed E-state index contributed by atoms with van der Waals surface area (Å²) in [5.74, 6) is 0. The van der Waals surface area contributed by atoms with Gasteiger partial charge in [-0.15, -0.1) is 0 Å². The molecule has 0 atom stereocenters. The average molecular weight is 309 g/mol. The summed E-state index contributed by atoms with van der Waals surface area (Å²) in [6.07, 6.45) is 3.78. The van der Waals surface area contributed by atoms with Gasteiger partial charge in [-0.25, -0.2) is 0 Å². The molecule has 2 aromatic rings. The molecule has 0 aliphatic heterocycles. The first-order valence-corrected chi connectivity index (χ1v) is 7.43. The third-order valence-corrected chi connectivity index (χ3v) is 3.98. The molecule has 106 valence electrons. The first-order valence-electron chi connectivity index (χ1n) is 6.67. The Morgan fingerprint density at radius 2 is 1.80 bits per heavy atom. The lowest BCUT2D eigenvalue weighted by atomic mass is 10.1. The zero-order valence-electron chi connectivity index (χ0n) is 11.5. The lowest BCUT2D eigenvalue weighted by Gasteiger charge is -2.16. The SMILES string of the molecule is CN(CCc1ccc(Cl)c(Cl)c1)CCc1ccccn1. The second-order valence-corrected chi connectivity index (χ2v) is 5.69. The number of benzene rings is 1. The molecule has 0 amide bonds. The monoisotopic (exact) mass is 308 g/mol. The number of hydrogen-bond acceptors (Lipinski definition) is 2. The largest absolute Gasteiger partial charge is 0.306 e. The van der Waals surface area contributed by atoms with Crippen LogP contribution in [-0.2, 0) is 12.8 Å². The summed E-state index contributed by atoms with van der Waals surface area (Å²) >= 11 is 11.9. The van der Waals surface area contributed by atoms with E-state index >= 15 is 0 Å². The van der Waals surface area contributed by atoms with Gasteiger partial charge >= 0.3 is 0 Å². The van der Waals surface area contributed by atoms with E-state index in [2.05, 4.69) is 23.0 Å². The van der Waals surface area contributed by atoms with E-state index in [0.717, 1.165) is 31.6 Å². The molecule has 20 heavy (non-hydrogen) atoms. The molecular weight excluding hydrogens is 291 g/mol. The van der Waals surface area contributed by atoms with Gasteiger partial charge in [-0.1, -0.05) is 35.3 Å². The maximum absolute atomic E-state index is 6.02. The number of rotatable bonds is 6. The average Bonchev–Trinajstić information content (AvgIpc) is 2.47. The van der Waals surface area contributed by atoms with Crippen molar-refractivity contribution in [1.29, 1.82) is 0 Å². The summed E-state index contributed by atoms with van der Waals surface area (Å²) in [6.45, 7) is 1.99. The Labute approximate surface area is 130 Å². The number of pyridine rings is 1. The molecule has 0 bridgehead atoms. The van der Waals surface area contributed by atoms with E-state index in [1.54, 1.807) is 0 Å². The Bertz CT molecular complexity index is 543. The number of nitrogens with zero attached hydrogens (tertiary/aromatic N) is 2. The van der Waals surface area contributed by atoms with Crippen molar-refractivity contribution in [2.45, 2.75) is 12.8 Å². The van der Waals surface area contributed by atoms with Crippen LogP contribution in [0.4, 0.5) is 0 Å². The lowest BCUT2D eigenvalue weighted by Crippen LogP contribution is -2.24. The number of halogens is 2. The summed E-state index contributed by atoms with van der Waals surface area (Å²) in [4.78, 5) is 6.63. The number of likely N-dealkylation sites (N-methyl/N-ethyl adjacent to an activating group) is 1. The maximum Gasteiger partial charge on any atom is 0.0595 e. The van der Waals surface area contributed by atoms with E-state index in [4.69, 9.17) is 23.2 Å². The summed E-state index contributed by atoms with van der Waals surface area (Å²) in [5, 5.41) is 1.24. The summed E-state index contributed by atoms with van der Waals surface area (Å²) in [5.41, 5.74) is 2.35. The van der Waals surface area contributed by atoms with E-state index in [-0.39, 0.29) is 0 Å². The van der Waals surface area contributed by atoms with Crippen LogP contribution < -0.4 is 0 Å². The standard InChI is InChI=1S/C16H18Cl2N2/c1-20(11-8-14-4-2-3-9-19-14)10-7-13-5-6-15(17)16(18)12-13/h2-6,9,12H,7-8,10-11H2,1H3. The van der Waals surface area contributed by atoms with Crippen molar-refractivity contribution in [2.24, 2.45) is 0 Å². The molecule has 0 N–H and O–H groups in total. The van der Waals surface area contributed by atoms with Gasteiger partial charge in [0.05, 0.1) is 10.0 Å². The minimum atomic E-state index is 0.610. The molecule has 4 heteroatoms. The van der Waals surface area contributed by atoms with E-state index in [1.165, 1.54) is 5.56 Å². The smallest absolute Gasteiger partial charge is 0.0595 e. The molecule has 0 fully saturated rings. The highest BCUT2D eigenvalue weighted by molar-refractivity contribution is 6.42. The molecule has 0 saturated heterocycles. The van der Waals surface area contributed by atoms with Crippen LogP contribution in [0.25, 0.3) is 0 Å². The molecule has 2 rings (SSSR count). The van der Waals surface area contributed by atoms with Crippen LogP contribution in [0.3, 0.4) is 0 Å². The molecule has 2 nitrogen and oxygen atoms in total. The zero-order chi connectivity index (χ0) is 14.4. The van der Waals surface area contributed by atoms with E-state index in [0.29, 0.717) is 10.0 Å². The highest BCUT2D eigenvalue weighted by Gasteiger charge is 2.03. The summed E-state index contributed by atoms with van der Waals surface area (Å²) in [6, 6.07) is 11.9. The Morgan fingerprint density at radius 3 is 2.50 bits per heavy atom. The number of hydrogen-bond donors (Lipinski definition) is 0. The van der Waals surface area contributed by atoms with Crippen molar-refractivity contribution in [3.63, 3.8) is 0 Å². The van der Waals surface area contributed by atoms with Crippen LogP contribution in [0.1, 0.15) is 11.3 Å². The fraction of sp³-hybridized carbons (Fsp3) is 0.312. The fourth-order valence-electron chi connectivity index (χ4n) is 1.98. The molecule has 0 unspecified atom stereocenters. The topological polar surface area (TPSA) is 16.1 Å². The third-order valence-electron chi connectivity index (χ3n) is 3.24. The van der Waals surface area contributed by atoms with Crippen LogP contribution in [0.5, 0.6) is 0 Å². The second kappa shape index (κ2) is 7.63. The molecule has 1 heterocycles. The first kappa shape index (κ1) is 15.3. The van der Waals surface area contributed by atoms with Gasteiger partial charge in [-0.05, 0) is 43.3 Å². The molecular formula is C16H18Cl2N2. The van der Waals surface area contributed by atoms with E-state index < -0.39 is 0 Å². The second-order valence-electron chi connectivity index (χ2n) is 4.87. The van der Waals surface area contributed by atoms with Gasteiger partial charge in [0.2, 0.25) is 0 Å². The molecule has 1 aromatic carbocycles. The predicted molar refractivity (Wildman–Crippen MR) is 85.6 cm³/mol. The van der Waals surface area contributed by atoms with E-state index in [1.807, 2.05) is 36.5 Å². The van der Waals surface area contributed by atoms with Gasteiger partial charge in [0, 0.05) is 31.4 Å². The van der Waals surface area contributed by atoms with Crippen LogP contribution in [0.15, 0.2) is 42.6 Å². The quantitative estimate of drug-likeness (QED) is 0.798. The minimum Gasteiger partial charge on any atom is -0.306 e. The molecule has 0 saturated carbocycles. The molecule has 0 radical (unpaired) electrons. The maximum atomic E-state index is 6.02. The first-order chi connectivity index (χ1) is 9.65. The molecule has 0 spiro atoms. The highest BCUT2D eigenvalue weighted by atomic mass is 35.5. The van der Waals surface area contributed by atoms with Crippen LogP contribution in [0, 0.1) is 0 Å². The Balaban J connectivity index is 1.77. The van der Waals surface area contributed by atoms with Gasteiger partial charge in [0.25, 0.3) is 0 Å². The van der Waals surface area contributed by atoms with Crippen molar-refractivity contribution in [3.8, 4) is 0 Å². The lowest BCUT2D eigenvalue weighted by molar-refractivity contribution is 0.341. The summed E-state index contributed by atoms with van der Waals surface area (Å²) in [7, 11) is 2.13. The third kappa shape index (κ3) is 4.78. The Morgan fingerprint density at radius 1 is 1.00 bits per heavy atom. The Kier molecular flexibility index (Phi) is 5.84.